The Morgan fingerprint density at radius 1 is 1.31 bits per heavy atom. The van der Waals surface area contributed by atoms with Gasteiger partial charge in [-0.1, -0.05) is 33.6 Å². The highest BCUT2D eigenvalue weighted by molar-refractivity contribution is 9.10. The first-order chi connectivity index (χ1) is 6.25. The van der Waals surface area contributed by atoms with Crippen molar-refractivity contribution in [1.29, 1.82) is 0 Å². The van der Waals surface area contributed by atoms with E-state index in [0.29, 0.717) is 0 Å². The highest BCUT2D eigenvalue weighted by Gasteiger charge is 2.03. The second-order valence-electron chi connectivity index (χ2n) is 2.95. The van der Waals surface area contributed by atoms with Crippen molar-refractivity contribution in [3.05, 3.63) is 33.3 Å². The predicted molar refractivity (Wildman–Crippen MR) is 61.1 cm³/mol. The quantitative estimate of drug-likeness (QED) is 0.827. The average molecular weight is 263 g/mol. The van der Waals surface area contributed by atoms with Crippen LogP contribution in [0, 0.1) is 0 Å². The Morgan fingerprint density at radius 2 is 2.08 bits per heavy atom. The van der Waals surface area contributed by atoms with Gasteiger partial charge in [0.05, 0.1) is 0 Å². The molecule has 0 amide bonds. The molecule has 13 heavy (non-hydrogen) atoms. The molecular formula is C10H13BrClN. The molecule has 0 atom stereocenters. The van der Waals surface area contributed by atoms with Gasteiger partial charge in [-0.15, -0.1) is 0 Å². The molecule has 0 aromatic heterocycles. The van der Waals surface area contributed by atoms with Crippen molar-refractivity contribution in [2.24, 2.45) is 5.73 Å². The van der Waals surface area contributed by atoms with Gasteiger partial charge in [-0.05, 0) is 43.5 Å². The van der Waals surface area contributed by atoms with Crippen LogP contribution in [0.25, 0.3) is 0 Å². The molecule has 0 spiro atoms. The summed E-state index contributed by atoms with van der Waals surface area (Å²) in [7, 11) is 0. The predicted octanol–water partition coefficient (Wildman–Crippen LogP) is 3.38. The third-order valence-corrected chi connectivity index (χ3v) is 3.04. The lowest BCUT2D eigenvalue weighted by Gasteiger charge is -2.05. The summed E-state index contributed by atoms with van der Waals surface area (Å²) in [4.78, 5) is 0. The van der Waals surface area contributed by atoms with Crippen LogP contribution < -0.4 is 5.73 Å². The lowest BCUT2D eigenvalue weighted by atomic mass is 10.1. The number of unbranched alkanes of at least 4 members (excludes halogenated alkanes) is 1. The lowest BCUT2D eigenvalue weighted by Crippen LogP contribution is -1.99. The molecule has 0 radical (unpaired) electrons. The van der Waals surface area contributed by atoms with Gasteiger partial charge in [-0.3, -0.25) is 0 Å². The van der Waals surface area contributed by atoms with Crippen molar-refractivity contribution in [2.45, 2.75) is 19.3 Å². The molecule has 0 saturated heterocycles. The van der Waals surface area contributed by atoms with E-state index in [-0.39, 0.29) is 0 Å². The van der Waals surface area contributed by atoms with Gasteiger partial charge in [0, 0.05) is 9.50 Å². The van der Waals surface area contributed by atoms with Crippen LogP contribution in [0.5, 0.6) is 0 Å². The third kappa shape index (κ3) is 3.29. The van der Waals surface area contributed by atoms with Crippen LogP contribution in [0.1, 0.15) is 18.4 Å². The Balaban J connectivity index is 2.64. The maximum Gasteiger partial charge on any atom is 0.0449 e. The van der Waals surface area contributed by atoms with Crippen molar-refractivity contribution < 1.29 is 0 Å². The Morgan fingerprint density at radius 3 is 2.69 bits per heavy atom. The molecule has 3 heteroatoms. The summed E-state index contributed by atoms with van der Waals surface area (Å²) in [5.41, 5.74) is 6.62. The largest absolute Gasteiger partial charge is 0.330 e. The van der Waals surface area contributed by atoms with Crippen LogP contribution >= 0.6 is 27.5 Å². The van der Waals surface area contributed by atoms with Crippen LogP contribution in [0.3, 0.4) is 0 Å². The molecule has 0 unspecified atom stereocenters. The fourth-order valence-corrected chi connectivity index (χ4v) is 2.16. The maximum absolute atomic E-state index is 6.05. The van der Waals surface area contributed by atoms with Gasteiger partial charge in [0.15, 0.2) is 0 Å². The summed E-state index contributed by atoms with van der Waals surface area (Å²) in [6.07, 6.45) is 3.15. The molecule has 1 nitrogen and oxygen atoms in total. The summed E-state index contributed by atoms with van der Waals surface area (Å²) < 4.78 is 1.09. The highest BCUT2D eigenvalue weighted by atomic mass is 79.9. The Labute approximate surface area is 92.4 Å². The van der Waals surface area contributed by atoms with E-state index in [1.54, 1.807) is 0 Å². The van der Waals surface area contributed by atoms with Crippen molar-refractivity contribution in [3.63, 3.8) is 0 Å². The SMILES string of the molecule is NCCCCc1c(Cl)cccc1Br. The van der Waals surface area contributed by atoms with Gasteiger partial charge in [0.25, 0.3) is 0 Å². The Hall–Kier alpha value is -0.0500. The van der Waals surface area contributed by atoms with Crippen LogP contribution in [0.4, 0.5) is 0 Å². The van der Waals surface area contributed by atoms with Gasteiger partial charge >= 0.3 is 0 Å². The Kier molecular flexibility index (Phi) is 4.78. The Bertz CT molecular complexity index is 255. The van der Waals surface area contributed by atoms with Gasteiger partial charge in [0.1, 0.15) is 0 Å². The molecule has 0 fully saturated rings. The molecule has 0 heterocycles. The van der Waals surface area contributed by atoms with Crippen LogP contribution in [0.15, 0.2) is 22.7 Å². The van der Waals surface area contributed by atoms with Crippen LogP contribution in [0.2, 0.25) is 5.02 Å². The van der Waals surface area contributed by atoms with Crippen molar-refractivity contribution in [2.75, 3.05) is 6.54 Å². The zero-order chi connectivity index (χ0) is 9.68. The monoisotopic (exact) mass is 261 g/mol. The summed E-state index contributed by atoms with van der Waals surface area (Å²) in [5, 5.41) is 0.839. The summed E-state index contributed by atoms with van der Waals surface area (Å²) in [5.74, 6) is 0. The molecule has 0 bridgehead atoms. The van der Waals surface area contributed by atoms with Gasteiger partial charge in [0.2, 0.25) is 0 Å². The van der Waals surface area contributed by atoms with E-state index in [9.17, 15) is 0 Å². The minimum Gasteiger partial charge on any atom is -0.330 e. The maximum atomic E-state index is 6.05. The highest BCUT2D eigenvalue weighted by Crippen LogP contribution is 2.25. The van der Waals surface area contributed by atoms with Crippen LogP contribution in [-0.4, -0.2) is 6.54 Å². The van der Waals surface area contributed by atoms with Crippen LogP contribution in [-0.2, 0) is 6.42 Å². The molecule has 0 aliphatic heterocycles. The smallest absolute Gasteiger partial charge is 0.0449 e. The number of hydrogen-bond acceptors (Lipinski definition) is 1. The molecule has 1 aromatic carbocycles. The van der Waals surface area contributed by atoms with Gasteiger partial charge < -0.3 is 5.73 Å². The number of halogens is 2. The molecule has 2 N–H and O–H groups in total. The minimum atomic E-state index is 0.752. The number of hydrogen-bond donors (Lipinski definition) is 1. The van der Waals surface area contributed by atoms with Crippen molar-refractivity contribution in [1.82, 2.24) is 0 Å². The van der Waals surface area contributed by atoms with Crippen molar-refractivity contribution >= 4 is 27.5 Å². The van der Waals surface area contributed by atoms with E-state index in [2.05, 4.69) is 15.9 Å². The van der Waals surface area contributed by atoms with E-state index < -0.39 is 0 Å². The number of benzene rings is 1. The van der Waals surface area contributed by atoms with E-state index in [4.69, 9.17) is 17.3 Å². The first-order valence-electron chi connectivity index (χ1n) is 4.38. The molecule has 1 rings (SSSR count). The molecule has 72 valence electrons. The molecular weight excluding hydrogens is 249 g/mol. The summed E-state index contributed by atoms with van der Waals surface area (Å²) >= 11 is 9.53. The third-order valence-electron chi connectivity index (χ3n) is 1.94. The van der Waals surface area contributed by atoms with E-state index in [1.807, 2.05) is 18.2 Å². The first-order valence-corrected chi connectivity index (χ1v) is 5.55. The standard InChI is InChI=1S/C10H13BrClN/c11-9-5-3-6-10(12)8(9)4-1-2-7-13/h3,5-6H,1-2,4,7,13H2. The first kappa shape index (κ1) is 11.0. The zero-order valence-electron chi connectivity index (χ0n) is 7.39. The molecule has 0 saturated carbocycles. The second kappa shape index (κ2) is 5.63. The fraction of sp³-hybridized carbons (Fsp3) is 0.400. The molecule has 0 aliphatic carbocycles. The average Bonchev–Trinajstić information content (AvgIpc) is 2.10. The number of rotatable bonds is 4. The topological polar surface area (TPSA) is 26.0 Å². The lowest BCUT2D eigenvalue weighted by molar-refractivity contribution is 0.743. The summed E-state index contributed by atoms with van der Waals surface area (Å²) in [6, 6.07) is 5.88. The molecule has 1 aromatic rings. The van der Waals surface area contributed by atoms with E-state index >= 15 is 0 Å². The molecule has 0 aliphatic rings. The van der Waals surface area contributed by atoms with Gasteiger partial charge in [-0.25, -0.2) is 0 Å². The van der Waals surface area contributed by atoms with E-state index in [0.717, 1.165) is 35.3 Å². The zero-order valence-corrected chi connectivity index (χ0v) is 9.74. The fourth-order valence-electron chi connectivity index (χ4n) is 1.22. The minimum absolute atomic E-state index is 0.752. The number of nitrogens with two attached hydrogens (primary N) is 1. The van der Waals surface area contributed by atoms with E-state index in [1.165, 1.54) is 5.56 Å². The summed E-state index contributed by atoms with van der Waals surface area (Å²) in [6.45, 7) is 0.752. The van der Waals surface area contributed by atoms with Crippen molar-refractivity contribution in [3.8, 4) is 0 Å². The normalized spacial score (nSPS) is 10.4. The van der Waals surface area contributed by atoms with Gasteiger partial charge in [-0.2, -0.15) is 0 Å². The second-order valence-corrected chi connectivity index (χ2v) is 4.21.